The van der Waals surface area contributed by atoms with Crippen LogP contribution >= 0.6 is 0 Å². The van der Waals surface area contributed by atoms with Crippen molar-refractivity contribution >= 4 is 0 Å². The highest BCUT2D eigenvalue weighted by Gasteiger charge is 2.39. The van der Waals surface area contributed by atoms with Crippen LogP contribution in [-0.4, -0.2) is 6.04 Å². The molecule has 16 heavy (non-hydrogen) atoms. The second kappa shape index (κ2) is 4.09. The maximum absolute atomic E-state index is 14.5. The number of hydrogen-bond donors (Lipinski definition) is 1. The molecule has 0 aliphatic heterocycles. The molecule has 1 aromatic rings. The van der Waals surface area contributed by atoms with E-state index in [2.05, 4.69) is 0 Å². The number of hydrogen-bond acceptors (Lipinski definition) is 1. The molecule has 1 saturated carbocycles. The fraction of sp³-hybridized carbons (Fsp3) is 0.500. The molecule has 2 unspecified atom stereocenters. The van der Waals surface area contributed by atoms with E-state index in [1.807, 2.05) is 0 Å². The van der Waals surface area contributed by atoms with E-state index in [0.717, 1.165) is 12.5 Å². The lowest BCUT2D eigenvalue weighted by molar-refractivity contribution is 0.0895. The number of alkyl halides is 1. The lowest BCUT2D eigenvalue weighted by Crippen LogP contribution is -2.36. The molecule has 1 fully saturated rings. The first-order valence-corrected chi connectivity index (χ1v) is 5.42. The van der Waals surface area contributed by atoms with Crippen LogP contribution in [0.1, 0.15) is 31.2 Å². The number of nitrogens with two attached hydrogens (primary N) is 1. The van der Waals surface area contributed by atoms with Gasteiger partial charge < -0.3 is 5.73 Å². The summed E-state index contributed by atoms with van der Waals surface area (Å²) in [7, 11) is 0. The summed E-state index contributed by atoms with van der Waals surface area (Å²) in [6.45, 7) is 0. The zero-order valence-corrected chi connectivity index (χ0v) is 8.85. The summed E-state index contributed by atoms with van der Waals surface area (Å²) < 4.78 is 41.0. The summed E-state index contributed by atoms with van der Waals surface area (Å²) in [5.74, 6) is -2.09. The Morgan fingerprint density at radius 2 is 2.06 bits per heavy atom. The Balaban J connectivity index is 2.38. The van der Waals surface area contributed by atoms with Crippen molar-refractivity contribution in [2.45, 2.75) is 37.4 Å². The zero-order valence-electron chi connectivity index (χ0n) is 8.85. The van der Waals surface area contributed by atoms with Gasteiger partial charge in [-0.3, -0.25) is 0 Å². The highest BCUT2D eigenvalue weighted by molar-refractivity contribution is 5.26. The Hall–Kier alpha value is -1.03. The van der Waals surface area contributed by atoms with E-state index < -0.39 is 17.3 Å². The molecule has 0 radical (unpaired) electrons. The molecule has 0 heterocycles. The third-order valence-electron chi connectivity index (χ3n) is 3.17. The van der Waals surface area contributed by atoms with Gasteiger partial charge in [0.05, 0.1) is 0 Å². The van der Waals surface area contributed by atoms with Crippen molar-refractivity contribution in [1.82, 2.24) is 0 Å². The van der Waals surface area contributed by atoms with Gasteiger partial charge in [0.2, 0.25) is 0 Å². The Labute approximate surface area is 92.5 Å². The minimum Gasteiger partial charge on any atom is -0.328 e. The van der Waals surface area contributed by atoms with Crippen LogP contribution < -0.4 is 5.73 Å². The number of halogens is 3. The normalized spacial score (nSPS) is 30.4. The van der Waals surface area contributed by atoms with Crippen molar-refractivity contribution in [2.75, 3.05) is 0 Å². The van der Waals surface area contributed by atoms with Crippen LogP contribution in [0.2, 0.25) is 0 Å². The Bertz CT molecular complexity index is 394. The predicted molar refractivity (Wildman–Crippen MR) is 55.6 cm³/mol. The molecule has 0 amide bonds. The minimum absolute atomic E-state index is 0.0629. The summed E-state index contributed by atoms with van der Waals surface area (Å²) in [6, 6.07) is 3.35. The molecule has 1 nitrogen and oxygen atoms in total. The summed E-state index contributed by atoms with van der Waals surface area (Å²) in [5.41, 5.74) is 3.67. The van der Waals surface area contributed by atoms with Gasteiger partial charge in [-0.2, -0.15) is 0 Å². The standard InChI is InChI=1S/C12H14F3N/c13-10-5-1-4-9(11(10)14)12(15)6-2-3-8(16)7-12/h1,4-5,8H,2-3,6-7,16H2. The monoisotopic (exact) mass is 229 g/mol. The van der Waals surface area contributed by atoms with Gasteiger partial charge in [0.15, 0.2) is 11.6 Å². The summed E-state index contributed by atoms with van der Waals surface area (Å²) in [6.07, 6.45) is 1.62. The molecule has 1 aromatic carbocycles. The molecule has 88 valence electrons. The van der Waals surface area contributed by atoms with Crippen molar-refractivity contribution < 1.29 is 13.2 Å². The van der Waals surface area contributed by atoms with E-state index in [9.17, 15) is 13.2 Å². The molecule has 2 atom stereocenters. The van der Waals surface area contributed by atoms with Crippen LogP contribution in [0.25, 0.3) is 0 Å². The third kappa shape index (κ3) is 1.94. The minimum atomic E-state index is -1.82. The molecule has 1 aliphatic carbocycles. The second-order valence-corrected chi connectivity index (χ2v) is 4.42. The van der Waals surface area contributed by atoms with Gasteiger partial charge in [-0.15, -0.1) is 0 Å². The summed E-state index contributed by atoms with van der Waals surface area (Å²) in [4.78, 5) is 0. The summed E-state index contributed by atoms with van der Waals surface area (Å²) >= 11 is 0. The van der Waals surface area contributed by atoms with E-state index in [0.29, 0.717) is 6.42 Å². The molecule has 0 bridgehead atoms. The quantitative estimate of drug-likeness (QED) is 0.787. The van der Waals surface area contributed by atoms with Crippen LogP contribution in [0.4, 0.5) is 13.2 Å². The molecule has 1 aliphatic rings. The Morgan fingerprint density at radius 3 is 2.75 bits per heavy atom. The molecular weight excluding hydrogens is 215 g/mol. The number of rotatable bonds is 1. The lowest BCUT2D eigenvalue weighted by Gasteiger charge is -2.33. The molecule has 0 spiro atoms. The summed E-state index contributed by atoms with van der Waals surface area (Å²) in [5, 5.41) is 0. The van der Waals surface area contributed by atoms with Crippen LogP contribution in [0.15, 0.2) is 18.2 Å². The zero-order chi connectivity index (χ0) is 11.8. The van der Waals surface area contributed by atoms with Gasteiger partial charge in [0.25, 0.3) is 0 Å². The first-order valence-electron chi connectivity index (χ1n) is 5.42. The smallest absolute Gasteiger partial charge is 0.165 e. The van der Waals surface area contributed by atoms with Crippen molar-refractivity contribution in [3.8, 4) is 0 Å². The van der Waals surface area contributed by atoms with Gasteiger partial charge in [-0.05, 0) is 25.3 Å². The maximum atomic E-state index is 14.5. The van der Waals surface area contributed by atoms with Gasteiger partial charge in [0, 0.05) is 18.0 Å². The second-order valence-electron chi connectivity index (χ2n) is 4.42. The molecule has 4 heteroatoms. The molecule has 0 saturated heterocycles. The van der Waals surface area contributed by atoms with Crippen molar-refractivity contribution in [3.05, 3.63) is 35.4 Å². The van der Waals surface area contributed by atoms with Gasteiger partial charge in [-0.25, -0.2) is 13.2 Å². The highest BCUT2D eigenvalue weighted by Crippen LogP contribution is 2.41. The maximum Gasteiger partial charge on any atom is 0.165 e. The van der Waals surface area contributed by atoms with Crippen LogP contribution in [0, 0.1) is 11.6 Å². The number of benzene rings is 1. The molecular formula is C12H14F3N. The van der Waals surface area contributed by atoms with E-state index in [1.165, 1.54) is 12.1 Å². The first kappa shape index (κ1) is 11.5. The predicted octanol–water partition coefficient (Wildman–Crippen LogP) is 3.03. The van der Waals surface area contributed by atoms with Crippen molar-refractivity contribution in [1.29, 1.82) is 0 Å². The highest BCUT2D eigenvalue weighted by atomic mass is 19.2. The Kier molecular flexibility index (Phi) is 2.93. The topological polar surface area (TPSA) is 26.0 Å². The van der Waals surface area contributed by atoms with Crippen molar-refractivity contribution in [3.63, 3.8) is 0 Å². The largest absolute Gasteiger partial charge is 0.328 e. The first-order chi connectivity index (χ1) is 7.53. The fourth-order valence-electron chi connectivity index (χ4n) is 2.36. The van der Waals surface area contributed by atoms with Crippen LogP contribution in [0.3, 0.4) is 0 Å². The van der Waals surface area contributed by atoms with Gasteiger partial charge in [0.1, 0.15) is 5.67 Å². The van der Waals surface area contributed by atoms with E-state index in [1.54, 1.807) is 0 Å². The average Bonchev–Trinajstić information content (AvgIpc) is 2.21. The van der Waals surface area contributed by atoms with Gasteiger partial charge in [-0.1, -0.05) is 12.1 Å². The fourth-order valence-corrected chi connectivity index (χ4v) is 2.36. The van der Waals surface area contributed by atoms with Crippen molar-refractivity contribution in [2.24, 2.45) is 5.73 Å². The lowest BCUT2D eigenvalue weighted by atomic mass is 9.79. The average molecular weight is 229 g/mol. The third-order valence-corrected chi connectivity index (χ3v) is 3.17. The molecule has 2 rings (SSSR count). The molecule has 0 aromatic heterocycles. The van der Waals surface area contributed by atoms with Crippen LogP contribution in [-0.2, 0) is 5.67 Å². The SMILES string of the molecule is NC1CCCC(F)(c2cccc(F)c2F)C1. The van der Waals surface area contributed by atoms with E-state index in [4.69, 9.17) is 5.73 Å². The Morgan fingerprint density at radius 1 is 1.31 bits per heavy atom. The van der Waals surface area contributed by atoms with E-state index in [-0.39, 0.29) is 24.4 Å². The van der Waals surface area contributed by atoms with Gasteiger partial charge >= 0.3 is 0 Å². The molecule has 2 N–H and O–H groups in total. The van der Waals surface area contributed by atoms with Crippen LogP contribution in [0.5, 0.6) is 0 Å². The van der Waals surface area contributed by atoms with E-state index >= 15 is 0 Å².